The number of aryl methyl sites for hydroxylation is 1. The maximum Gasteiger partial charge on any atom is 0.247 e. The van der Waals surface area contributed by atoms with E-state index in [9.17, 15) is 9.59 Å². The van der Waals surface area contributed by atoms with E-state index < -0.39 is 0 Å². The lowest BCUT2D eigenvalue weighted by Crippen LogP contribution is -2.42. The fraction of sp³-hybridized carbons (Fsp3) is 0.667. The molecule has 0 spiro atoms. The number of imidazole rings is 1. The second-order valence-electron chi connectivity index (χ2n) is 5.58. The molecule has 6 nitrogen and oxygen atoms in total. The van der Waals surface area contributed by atoms with Crippen molar-refractivity contribution in [2.75, 3.05) is 6.54 Å². The lowest BCUT2D eigenvalue weighted by molar-refractivity contribution is -0.141. The maximum absolute atomic E-state index is 12.2. The number of carbonyl (C=O) groups is 2. The number of hydrogen-bond acceptors (Lipinski definition) is 4. The quantitative estimate of drug-likeness (QED) is 0.577. The van der Waals surface area contributed by atoms with Crippen molar-refractivity contribution in [3.05, 3.63) is 18.7 Å². The van der Waals surface area contributed by atoms with E-state index in [0.717, 1.165) is 32.4 Å². The number of aromatic nitrogens is 2. The highest BCUT2D eigenvalue weighted by atomic mass is 16.2. The molecule has 1 aromatic rings. The first-order chi connectivity index (χ1) is 10.1. The Morgan fingerprint density at radius 1 is 1.43 bits per heavy atom. The van der Waals surface area contributed by atoms with Gasteiger partial charge in [-0.1, -0.05) is 6.92 Å². The zero-order valence-corrected chi connectivity index (χ0v) is 12.8. The van der Waals surface area contributed by atoms with Crippen LogP contribution in [0.1, 0.15) is 39.5 Å². The first-order valence-electron chi connectivity index (χ1n) is 7.68. The van der Waals surface area contributed by atoms with E-state index in [2.05, 4.69) is 10.3 Å². The van der Waals surface area contributed by atoms with Crippen LogP contribution in [0.4, 0.5) is 0 Å². The molecular formula is C15H24N4O2. The predicted molar refractivity (Wildman–Crippen MR) is 79.5 cm³/mol. The molecule has 1 aliphatic rings. The summed E-state index contributed by atoms with van der Waals surface area (Å²) in [5, 5.41) is 3.21. The molecule has 0 radical (unpaired) electrons. The van der Waals surface area contributed by atoms with E-state index in [1.54, 1.807) is 12.5 Å². The Balaban J connectivity index is 1.69. The lowest BCUT2D eigenvalue weighted by Gasteiger charge is -2.21. The number of imide groups is 1. The highest BCUT2D eigenvalue weighted by Gasteiger charge is 2.39. The zero-order chi connectivity index (χ0) is 15.2. The van der Waals surface area contributed by atoms with Crippen molar-refractivity contribution in [3.8, 4) is 0 Å². The summed E-state index contributed by atoms with van der Waals surface area (Å²) in [6.07, 6.45) is 8.60. The first kappa shape index (κ1) is 15.7. The smallest absolute Gasteiger partial charge is 0.247 e. The van der Waals surface area contributed by atoms with Gasteiger partial charge in [-0.3, -0.25) is 14.5 Å². The molecule has 2 unspecified atom stereocenters. The number of hydrogen-bond donors (Lipinski definition) is 1. The lowest BCUT2D eigenvalue weighted by atomic mass is 10.2. The molecule has 2 heterocycles. The van der Waals surface area contributed by atoms with Gasteiger partial charge in [-0.05, 0) is 32.7 Å². The second-order valence-corrected chi connectivity index (χ2v) is 5.58. The Bertz CT molecular complexity index is 472. The van der Waals surface area contributed by atoms with Crippen molar-refractivity contribution in [2.45, 2.75) is 58.2 Å². The van der Waals surface area contributed by atoms with Crippen LogP contribution in [-0.2, 0) is 16.1 Å². The van der Waals surface area contributed by atoms with E-state index >= 15 is 0 Å². The van der Waals surface area contributed by atoms with Gasteiger partial charge in [-0.25, -0.2) is 4.98 Å². The average molecular weight is 292 g/mol. The van der Waals surface area contributed by atoms with Gasteiger partial charge in [-0.15, -0.1) is 0 Å². The molecule has 116 valence electrons. The van der Waals surface area contributed by atoms with Gasteiger partial charge in [0, 0.05) is 25.0 Å². The Morgan fingerprint density at radius 2 is 2.24 bits per heavy atom. The maximum atomic E-state index is 12.2. The van der Waals surface area contributed by atoms with E-state index in [4.69, 9.17) is 0 Å². The molecule has 0 aromatic carbocycles. The Morgan fingerprint density at radius 3 is 2.90 bits per heavy atom. The van der Waals surface area contributed by atoms with Crippen molar-refractivity contribution in [1.29, 1.82) is 0 Å². The highest BCUT2D eigenvalue weighted by molar-refractivity contribution is 6.05. The van der Waals surface area contributed by atoms with Crippen LogP contribution in [0.5, 0.6) is 0 Å². The molecule has 6 heteroatoms. The van der Waals surface area contributed by atoms with E-state index in [-0.39, 0.29) is 23.9 Å². The number of carbonyl (C=O) groups excluding carboxylic acids is 2. The van der Waals surface area contributed by atoms with Crippen LogP contribution in [0, 0.1) is 0 Å². The third kappa shape index (κ3) is 3.91. The minimum absolute atomic E-state index is 0.00181. The molecule has 1 aliphatic heterocycles. The van der Waals surface area contributed by atoms with Crippen LogP contribution in [-0.4, -0.2) is 44.9 Å². The van der Waals surface area contributed by atoms with E-state index in [1.165, 1.54) is 4.90 Å². The van der Waals surface area contributed by atoms with Crippen molar-refractivity contribution in [3.63, 3.8) is 0 Å². The number of likely N-dealkylation sites (tertiary alicyclic amines) is 1. The zero-order valence-electron chi connectivity index (χ0n) is 12.8. The van der Waals surface area contributed by atoms with Gasteiger partial charge < -0.3 is 9.88 Å². The first-order valence-corrected chi connectivity index (χ1v) is 7.68. The number of amides is 2. The van der Waals surface area contributed by atoms with Crippen LogP contribution < -0.4 is 5.32 Å². The summed E-state index contributed by atoms with van der Waals surface area (Å²) in [5.41, 5.74) is 0. The minimum atomic E-state index is -0.334. The van der Waals surface area contributed by atoms with Crippen molar-refractivity contribution in [1.82, 2.24) is 19.8 Å². The molecule has 2 rings (SSSR count). The van der Waals surface area contributed by atoms with Crippen molar-refractivity contribution < 1.29 is 9.59 Å². The molecule has 21 heavy (non-hydrogen) atoms. The van der Waals surface area contributed by atoms with Crippen LogP contribution in [0.25, 0.3) is 0 Å². The van der Waals surface area contributed by atoms with Gasteiger partial charge in [0.2, 0.25) is 11.8 Å². The van der Waals surface area contributed by atoms with Gasteiger partial charge >= 0.3 is 0 Å². The largest absolute Gasteiger partial charge is 0.337 e. The molecule has 1 fully saturated rings. The number of unbranched alkanes of at least 4 members (excludes halogenated alkanes) is 1. The molecular weight excluding hydrogens is 268 g/mol. The Labute approximate surface area is 125 Å². The molecule has 0 saturated carbocycles. The number of nitrogens with zero attached hydrogens (tertiary/aromatic N) is 3. The van der Waals surface area contributed by atoms with Gasteiger partial charge in [-0.2, -0.15) is 0 Å². The minimum Gasteiger partial charge on any atom is -0.337 e. The fourth-order valence-corrected chi connectivity index (χ4v) is 2.57. The van der Waals surface area contributed by atoms with Crippen LogP contribution in [0.15, 0.2) is 18.7 Å². The normalized spacial score (nSPS) is 20.3. The summed E-state index contributed by atoms with van der Waals surface area (Å²) >= 11 is 0. The second kappa shape index (κ2) is 7.36. The number of nitrogens with one attached hydrogen (secondary N) is 1. The van der Waals surface area contributed by atoms with Crippen molar-refractivity contribution >= 4 is 11.8 Å². The number of rotatable bonds is 8. The summed E-state index contributed by atoms with van der Waals surface area (Å²) < 4.78 is 2.04. The molecule has 1 saturated heterocycles. The molecule has 1 aromatic heterocycles. The summed E-state index contributed by atoms with van der Waals surface area (Å²) in [4.78, 5) is 29.5. The predicted octanol–water partition coefficient (Wildman–Crippen LogP) is 1.18. The monoisotopic (exact) mass is 292 g/mol. The summed E-state index contributed by atoms with van der Waals surface area (Å²) in [7, 11) is 0. The summed E-state index contributed by atoms with van der Waals surface area (Å²) in [6, 6.07) is -0.335. The van der Waals surface area contributed by atoms with E-state index in [1.807, 2.05) is 24.6 Å². The average Bonchev–Trinajstić information content (AvgIpc) is 3.07. The van der Waals surface area contributed by atoms with Gasteiger partial charge in [0.15, 0.2) is 0 Å². The molecule has 0 bridgehead atoms. The highest BCUT2D eigenvalue weighted by Crippen LogP contribution is 2.17. The SMILES string of the molecule is CCC(C)N1C(=O)CC(NCCCCn2ccnc2)C1=O. The standard InChI is InChI=1S/C15H24N4O2/c1-3-12(2)19-14(20)10-13(15(19)21)17-6-4-5-8-18-9-7-16-11-18/h7,9,11-13,17H,3-6,8,10H2,1-2H3. The van der Waals surface area contributed by atoms with Gasteiger partial charge in [0.05, 0.1) is 18.8 Å². The third-order valence-electron chi connectivity index (χ3n) is 4.01. The molecule has 2 atom stereocenters. The van der Waals surface area contributed by atoms with E-state index in [0.29, 0.717) is 6.42 Å². The molecule has 2 amide bonds. The van der Waals surface area contributed by atoms with Gasteiger partial charge in [0.1, 0.15) is 0 Å². The van der Waals surface area contributed by atoms with Crippen LogP contribution >= 0.6 is 0 Å². The molecule has 0 aliphatic carbocycles. The van der Waals surface area contributed by atoms with Crippen LogP contribution in [0.3, 0.4) is 0 Å². The van der Waals surface area contributed by atoms with Crippen LogP contribution in [0.2, 0.25) is 0 Å². The summed E-state index contributed by atoms with van der Waals surface area (Å²) in [5.74, 6) is -0.116. The summed E-state index contributed by atoms with van der Waals surface area (Å²) in [6.45, 7) is 5.59. The topological polar surface area (TPSA) is 67.2 Å². The third-order valence-corrected chi connectivity index (χ3v) is 4.01. The fourth-order valence-electron chi connectivity index (χ4n) is 2.57. The Hall–Kier alpha value is -1.69. The van der Waals surface area contributed by atoms with Gasteiger partial charge in [0.25, 0.3) is 0 Å². The molecule has 1 N–H and O–H groups in total. The van der Waals surface area contributed by atoms with Crippen molar-refractivity contribution in [2.24, 2.45) is 0 Å². The Kier molecular flexibility index (Phi) is 5.50.